The summed E-state index contributed by atoms with van der Waals surface area (Å²) in [4.78, 5) is 26.7. The van der Waals surface area contributed by atoms with E-state index in [1.165, 1.54) is 22.3 Å². The molecule has 1 fully saturated rings. The summed E-state index contributed by atoms with van der Waals surface area (Å²) in [6, 6.07) is 10.4. The van der Waals surface area contributed by atoms with Crippen LogP contribution in [0.3, 0.4) is 0 Å². The second kappa shape index (κ2) is 6.91. The van der Waals surface area contributed by atoms with E-state index in [0.717, 1.165) is 12.8 Å². The van der Waals surface area contributed by atoms with Crippen molar-refractivity contribution in [1.29, 1.82) is 0 Å². The van der Waals surface area contributed by atoms with E-state index < -0.39 is 5.97 Å². The molecule has 1 aliphatic rings. The average Bonchev–Trinajstić information content (AvgIpc) is 2.98. The summed E-state index contributed by atoms with van der Waals surface area (Å²) in [7, 11) is 0. The predicted molar refractivity (Wildman–Crippen MR) is 87.4 cm³/mol. The Balaban J connectivity index is 1.40. The number of hydrogen-bond acceptors (Lipinski definition) is 4. The number of carbonyl (C=O) groups excluding carboxylic acids is 1. The van der Waals surface area contributed by atoms with Gasteiger partial charge in [0, 0.05) is 11.8 Å². The summed E-state index contributed by atoms with van der Waals surface area (Å²) in [6.45, 7) is 0.297. The van der Waals surface area contributed by atoms with Crippen molar-refractivity contribution in [2.24, 2.45) is 5.92 Å². The molecule has 1 aromatic heterocycles. The Morgan fingerprint density at radius 3 is 2.65 bits per heavy atom. The zero-order valence-electron chi connectivity index (χ0n) is 12.6. The number of nitrogens with zero attached hydrogens (tertiary/aromatic N) is 1. The van der Waals surface area contributed by atoms with Gasteiger partial charge in [-0.1, -0.05) is 30.3 Å². The van der Waals surface area contributed by atoms with Gasteiger partial charge in [0.1, 0.15) is 5.01 Å². The Morgan fingerprint density at radius 2 is 2.00 bits per heavy atom. The first-order valence-corrected chi connectivity index (χ1v) is 8.49. The molecule has 120 valence electrons. The van der Waals surface area contributed by atoms with Crippen LogP contribution in [-0.2, 0) is 11.3 Å². The van der Waals surface area contributed by atoms with Crippen LogP contribution >= 0.6 is 11.3 Å². The molecule has 0 atom stereocenters. The number of aromatic nitrogens is 1. The molecule has 0 spiro atoms. The van der Waals surface area contributed by atoms with Crippen molar-refractivity contribution in [2.45, 2.75) is 31.7 Å². The van der Waals surface area contributed by atoms with Gasteiger partial charge in [0.05, 0.1) is 6.54 Å². The summed E-state index contributed by atoms with van der Waals surface area (Å²) in [5, 5.41) is 13.7. The topological polar surface area (TPSA) is 79.3 Å². The lowest BCUT2D eigenvalue weighted by atomic mass is 9.70. The van der Waals surface area contributed by atoms with Crippen LogP contribution < -0.4 is 5.32 Å². The molecule has 1 amide bonds. The number of carboxylic acid groups (broad SMARTS) is 1. The van der Waals surface area contributed by atoms with Crippen LogP contribution in [0.15, 0.2) is 35.7 Å². The number of aromatic carboxylic acids is 1. The van der Waals surface area contributed by atoms with Crippen molar-refractivity contribution in [3.05, 3.63) is 52.0 Å². The fourth-order valence-corrected chi connectivity index (χ4v) is 3.61. The Bertz CT molecular complexity index is 693. The molecular formula is C17H18N2O3S. The Morgan fingerprint density at radius 1 is 1.26 bits per heavy atom. The summed E-state index contributed by atoms with van der Waals surface area (Å²) < 4.78 is 0. The minimum atomic E-state index is -1.04. The molecule has 23 heavy (non-hydrogen) atoms. The van der Waals surface area contributed by atoms with Crippen LogP contribution in [0.1, 0.15) is 46.2 Å². The number of nitrogens with one attached hydrogen (secondary N) is 1. The smallest absolute Gasteiger partial charge is 0.355 e. The van der Waals surface area contributed by atoms with E-state index in [9.17, 15) is 9.59 Å². The number of carbonyl (C=O) groups is 2. The highest BCUT2D eigenvalue weighted by Gasteiger charge is 2.31. The van der Waals surface area contributed by atoms with E-state index in [0.29, 0.717) is 29.8 Å². The van der Waals surface area contributed by atoms with Crippen LogP contribution in [0.25, 0.3) is 0 Å². The molecule has 1 heterocycles. The van der Waals surface area contributed by atoms with Gasteiger partial charge in [-0.2, -0.15) is 0 Å². The molecule has 0 radical (unpaired) electrons. The van der Waals surface area contributed by atoms with E-state index in [1.54, 1.807) is 0 Å². The molecule has 0 aliphatic heterocycles. The molecule has 1 aromatic carbocycles. The first-order valence-electron chi connectivity index (χ1n) is 7.61. The molecule has 3 rings (SSSR count). The van der Waals surface area contributed by atoms with Crippen LogP contribution in [0, 0.1) is 5.92 Å². The highest BCUT2D eigenvalue weighted by Crippen LogP contribution is 2.43. The van der Waals surface area contributed by atoms with Crippen LogP contribution in [-0.4, -0.2) is 22.0 Å². The maximum atomic E-state index is 12.0. The zero-order valence-corrected chi connectivity index (χ0v) is 13.4. The zero-order chi connectivity index (χ0) is 16.2. The lowest BCUT2D eigenvalue weighted by molar-refractivity contribution is -0.122. The Hall–Kier alpha value is -2.21. The highest BCUT2D eigenvalue weighted by molar-refractivity contribution is 7.09. The van der Waals surface area contributed by atoms with Gasteiger partial charge in [-0.15, -0.1) is 11.3 Å². The second-order valence-electron chi connectivity index (χ2n) is 5.86. The number of rotatable bonds is 6. The lowest BCUT2D eigenvalue weighted by Gasteiger charge is -2.35. The van der Waals surface area contributed by atoms with E-state index in [2.05, 4.69) is 34.6 Å². The molecule has 0 unspecified atom stereocenters. The molecule has 1 aliphatic carbocycles. The number of amides is 1. The molecule has 5 nitrogen and oxygen atoms in total. The van der Waals surface area contributed by atoms with Crippen molar-refractivity contribution >= 4 is 23.2 Å². The molecule has 0 saturated heterocycles. The van der Waals surface area contributed by atoms with Gasteiger partial charge >= 0.3 is 5.97 Å². The third-order valence-corrected chi connectivity index (χ3v) is 5.04. The van der Waals surface area contributed by atoms with E-state index >= 15 is 0 Å². The lowest BCUT2D eigenvalue weighted by Crippen LogP contribution is -2.30. The standard InChI is InChI=1S/C17H18N2O3S/c20-15(18-9-16-19-14(10-23-16)17(21)22)8-11-6-13(7-11)12-4-2-1-3-5-12/h1-5,10-11,13H,6-9H2,(H,18,20)(H,21,22). The summed E-state index contributed by atoms with van der Waals surface area (Å²) in [6.07, 6.45) is 2.64. The van der Waals surface area contributed by atoms with Crippen molar-refractivity contribution in [1.82, 2.24) is 10.3 Å². The van der Waals surface area contributed by atoms with Crippen molar-refractivity contribution in [3.8, 4) is 0 Å². The largest absolute Gasteiger partial charge is 0.476 e. The molecule has 1 saturated carbocycles. The fraction of sp³-hybridized carbons (Fsp3) is 0.353. The first-order chi connectivity index (χ1) is 11.1. The third-order valence-electron chi connectivity index (χ3n) is 4.19. The molecule has 2 N–H and O–H groups in total. The van der Waals surface area contributed by atoms with Crippen LogP contribution in [0.2, 0.25) is 0 Å². The van der Waals surface area contributed by atoms with Gasteiger partial charge in [-0.3, -0.25) is 4.79 Å². The Labute approximate surface area is 138 Å². The van der Waals surface area contributed by atoms with Gasteiger partial charge < -0.3 is 10.4 Å². The normalized spacial score (nSPS) is 19.8. The van der Waals surface area contributed by atoms with Gasteiger partial charge in [-0.05, 0) is 30.2 Å². The summed E-state index contributed by atoms with van der Waals surface area (Å²) in [5.41, 5.74) is 1.39. The van der Waals surface area contributed by atoms with E-state index in [1.807, 2.05) is 6.07 Å². The van der Waals surface area contributed by atoms with Gasteiger partial charge in [-0.25, -0.2) is 9.78 Å². The Kier molecular flexibility index (Phi) is 4.71. The quantitative estimate of drug-likeness (QED) is 0.853. The fourth-order valence-electron chi connectivity index (χ4n) is 2.90. The second-order valence-corrected chi connectivity index (χ2v) is 6.80. The molecule has 6 heteroatoms. The van der Waals surface area contributed by atoms with E-state index in [4.69, 9.17) is 5.11 Å². The average molecular weight is 330 g/mol. The number of carboxylic acids is 1. The third kappa shape index (κ3) is 3.96. The van der Waals surface area contributed by atoms with Crippen LogP contribution in [0.5, 0.6) is 0 Å². The summed E-state index contributed by atoms with van der Waals surface area (Å²) >= 11 is 1.25. The number of thiazole rings is 1. The molecule has 2 aromatic rings. The minimum absolute atomic E-state index is 0.00795. The monoisotopic (exact) mass is 330 g/mol. The van der Waals surface area contributed by atoms with Crippen LogP contribution in [0.4, 0.5) is 0 Å². The van der Waals surface area contributed by atoms with Crippen molar-refractivity contribution in [2.75, 3.05) is 0 Å². The number of hydrogen-bond donors (Lipinski definition) is 2. The van der Waals surface area contributed by atoms with Gasteiger partial charge in [0.25, 0.3) is 0 Å². The van der Waals surface area contributed by atoms with E-state index in [-0.39, 0.29) is 11.6 Å². The van der Waals surface area contributed by atoms with Gasteiger partial charge in [0.15, 0.2) is 5.69 Å². The SMILES string of the molecule is O=C(CC1CC(c2ccccc2)C1)NCc1nc(C(=O)O)cs1. The maximum Gasteiger partial charge on any atom is 0.355 e. The highest BCUT2D eigenvalue weighted by atomic mass is 32.1. The number of benzene rings is 1. The van der Waals surface area contributed by atoms with Gasteiger partial charge in [0.2, 0.25) is 5.91 Å². The minimum Gasteiger partial charge on any atom is -0.476 e. The molecule has 0 bridgehead atoms. The van der Waals surface area contributed by atoms with Crippen molar-refractivity contribution < 1.29 is 14.7 Å². The summed E-state index contributed by atoms with van der Waals surface area (Å²) in [5.74, 6) is -0.0222. The maximum absolute atomic E-state index is 12.0. The predicted octanol–water partition coefficient (Wildman–Crippen LogP) is 3.04. The van der Waals surface area contributed by atoms with Crippen molar-refractivity contribution in [3.63, 3.8) is 0 Å². The molecular weight excluding hydrogens is 312 g/mol. The first kappa shape index (κ1) is 15.7.